The fourth-order valence-corrected chi connectivity index (χ4v) is 3.85. The summed E-state index contributed by atoms with van der Waals surface area (Å²) >= 11 is 5.77. The highest BCUT2D eigenvalue weighted by Gasteiger charge is 2.24. The molecule has 2 rings (SSSR count). The average Bonchev–Trinajstić information content (AvgIpc) is 2.76. The van der Waals surface area contributed by atoms with Gasteiger partial charge in [-0.2, -0.15) is 4.31 Å². The van der Waals surface area contributed by atoms with Crippen molar-refractivity contribution in [3.63, 3.8) is 0 Å². The Hall–Kier alpha value is -2.95. The van der Waals surface area contributed by atoms with Crippen molar-refractivity contribution in [3.8, 4) is 0 Å². The highest BCUT2D eigenvalue weighted by molar-refractivity contribution is 7.89. The third-order valence-electron chi connectivity index (χ3n) is 4.35. The minimum absolute atomic E-state index is 0.0349. The Balaban J connectivity index is 1.91. The van der Waals surface area contributed by atoms with Crippen LogP contribution in [0.4, 0.5) is 5.69 Å². The number of halogens is 1. The molecule has 2 aromatic carbocycles. The van der Waals surface area contributed by atoms with Crippen LogP contribution in [0.3, 0.4) is 0 Å². The summed E-state index contributed by atoms with van der Waals surface area (Å²) in [6.07, 6.45) is 0. The van der Waals surface area contributed by atoms with Crippen molar-refractivity contribution in [1.82, 2.24) is 9.62 Å². The van der Waals surface area contributed by atoms with Crippen LogP contribution >= 0.6 is 11.6 Å². The van der Waals surface area contributed by atoms with Gasteiger partial charge < -0.3 is 15.4 Å². The van der Waals surface area contributed by atoms with E-state index in [1.807, 2.05) is 13.8 Å². The van der Waals surface area contributed by atoms with Crippen molar-refractivity contribution in [3.05, 3.63) is 59.1 Å². The lowest BCUT2D eigenvalue weighted by Gasteiger charge is -2.16. The van der Waals surface area contributed by atoms with E-state index in [9.17, 15) is 22.8 Å². The number of anilines is 1. The van der Waals surface area contributed by atoms with E-state index in [1.54, 1.807) is 24.3 Å². The summed E-state index contributed by atoms with van der Waals surface area (Å²) in [4.78, 5) is 36.6. The zero-order chi connectivity index (χ0) is 24.6. The van der Waals surface area contributed by atoms with Gasteiger partial charge in [-0.05, 0) is 42.3 Å². The standard InChI is InChI=1S/C22H26ClN3O6S/c1-15(2)12-24-22(29)18-6-4-5-7-19(18)25-20(27)14-32-21(28)13-26(3)33(30,31)17-10-8-16(23)9-11-17/h4-11,15H,12-14H2,1-3H3,(H,24,29)(H,25,27). The molecule has 0 radical (unpaired) electrons. The lowest BCUT2D eigenvalue weighted by atomic mass is 10.1. The predicted octanol–water partition coefficient (Wildman–Crippen LogP) is 2.53. The fraction of sp³-hybridized carbons (Fsp3) is 0.318. The highest BCUT2D eigenvalue weighted by atomic mass is 35.5. The maximum Gasteiger partial charge on any atom is 0.321 e. The smallest absolute Gasteiger partial charge is 0.321 e. The lowest BCUT2D eigenvalue weighted by molar-refractivity contribution is -0.147. The van der Waals surface area contributed by atoms with Crippen LogP contribution in [0, 0.1) is 5.92 Å². The molecule has 11 heteroatoms. The number of rotatable bonds is 10. The number of hydrogen-bond acceptors (Lipinski definition) is 6. The zero-order valence-electron chi connectivity index (χ0n) is 18.5. The SMILES string of the molecule is CC(C)CNC(=O)c1ccccc1NC(=O)COC(=O)CN(C)S(=O)(=O)c1ccc(Cl)cc1. The number of carbonyl (C=O) groups is 3. The minimum Gasteiger partial charge on any atom is -0.455 e. The van der Waals surface area contributed by atoms with Gasteiger partial charge in [0, 0.05) is 18.6 Å². The molecule has 0 aromatic heterocycles. The van der Waals surface area contributed by atoms with Crippen LogP contribution in [-0.4, -0.2) is 57.3 Å². The number of esters is 1. The van der Waals surface area contributed by atoms with Gasteiger partial charge >= 0.3 is 5.97 Å². The summed E-state index contributed by atoms with van der Waals surface area (Å²) in [5.74, 6) is -1.66. The Bertz CT molecular complexity index is 1100. The zero-order valence-corrected chi connectivity index (χ0v) is 20.1. The third-order valence-corrected chi connectivity index (χ3v) is 6.42. The first-order valence-corrected chi connectivity index (χ1v) is 11.9. The second-order valence-electron chi connectivity index (χ2n) is 7.57. The molecular formula is C22H26ClN3O6S. The van der Waals surface area contributed by atoms with Crippen molar-refractivity contribution in [2.24, 2.45) is 5.92 Å². The highest BCUT2D eigenvalue weighted by Crippen LogP contribution is 2.18. The van der Waals surface area contributed by atoms with Gasteiger partial charge in [0.2, 0.25) is 10.0 Å². The molecule has 0 fully saturated rings. The molecule has 178 valence electrons. The van der Waals surface area contributed by atoms with Crippen LogP contribution in [0.5, 0.6) is 0 Å². The maximum atomic E-state index is 12.5. The molecule has 0 aliphatic carbocycles. The molecule has 2 amide bonds. The number of para-hydroxylation sites is 1. The lowest BCUT2D eigenvalue weighted by Crippen LogP contribution is -2.34. The van der Waals surface area contributed by atoms with E-state index >= 15 is 0 Å². The van der Waals surface area contributed by atoms with Gasteiger partial charge in [0.25, 0.3) is 11.8 Å². The van der Waals surface area contributed by atoms with Gasteiger partial charge in [-0.1, -0.05) is 37.6 Å². The maximum absolute atomic E-state index is 12.5. The van der Waals surface area contributed by atoms with Gasteiger partial charge in [-0.25, -0.2) is 8.42 Å². The van der Waals surface area contributed by atoms with E-state index in [0.29, 0.717) is 11.6 Å². The molecule has 0 bridgehead atoms. The average molecular weight is 496 g/mol. The molecule has 0 saturated heterocycles. The van der Waals surface area contributed by atoms with Crippen LogP contribution in [0.2, 0.25) is 5.02 Å². The Labute approximate surface area is 198 Å². The summed E-state index contributed by atoms with van der Waals surface area (Å²) in [7, 11) is -2.72. The first-order valence-electron chi connectivity index (χ1n) is 10.0. The number of carbonyl (C=O) groups excluding carboxylic acids is 3. The number of nitrogens with one attached hydrogen (secondary N) is 2. The Kier molecular flexibility index (Phi) is 9.39. The predicted molar refractivity (Wildman–Crippen MR) is 124 cm³/mol. The number of sulfonamides is 1. The molecule has 0 saturated carbocycles. The first kappa shape index (κ1) is 26.3. The van der Waals surface area contributed by atoms with E-state index in [-0.39, 0.29) is 28.0 Å². The molecule has 0 spiro atoms. The monoisotopic (exact) mass is 495 g/mol. The molecule has 9 nitrogen and oxygen atoms in total. The van der Waals surface area contributed by atoms with Crippen molar-refractivity contribution in [1.29, 1.82) is 0 Å². The van der Waals surface area contributed by atoms with Gasteiger partial charge in [0.15, 0.2) is 6.61 Å². The largest absolute Gasteiger partial charge is 0.455 e. The van der Waals surface area contributed by atoms with Crippen LogP contribution in [0.1, 0.15) is 24.2 Å². The molecule has 2 N–H and O–H groups in total. The Morgan fingerprint density at radius 2 is 1.70 bits per heavy atom. The summed E-state index contributed by atoms with van der Waals surface area (Å²) in [6.45, 7) is 3.16. The molecule has 0 atom stereocenters. The Morgan fingerprint density at radius 1 is 1.06 bits per heavy atom. The van der Waals surface area contributed by atoms with Gasteiger partial charge in [-0.3, -0.25) is 14.4 Å². The van der Waals surface area contributed by atoms with Crippen molar-refractivity contribution < 1.29 is 27.5 Å². The molecule has 0 unspecified atom stereocenters. The summed E-state index contributed by atoms with van der Waals surface area (Å²) in [5, 5.41) is 5.67. The van der Waals surface area contributed by atoms with Crippen molar-refractivity contribution in [2.75, 3.05) is 32.1 Å². The van der Waals surface area contributed by atoms with E-state index in [1.165, 1.54) is 31.3 Å². The summed E-state index contributed by atoms with van der Waals surface area (Å²) in [6, 6.07) is 11.9. The third kappa shape index (κ3) is 7.85. The van der Waals surface area contributed by atoms with Crippen LogP contribution in [0.15, 0.2) is 53.4 Å². The van der Waals surface area contributed by atoms with Crippen molar-refractivity contribution >= 4 is 45.1 Å². The Morgan fingerprint density at radius 3 is 2.33 bits per heavy atom. The van der Waals surface area contributed by atoms with E-state index in [0.717, 1.165) is 4.31 Å². The fourth-order valence-electron chi connectivity index (χ4n) is 2.61. The minimum atomic E-state index is -3.94. The summed E-state index contributed by atoms with van der Waals surface area (Å²) < 4.78 is 30.7. The van der Waals surface area contributed by atoms with Crippen LogP contribution in [-0.2, 0) is 24.3 Å². The van der Waals surface area contributed by atoms with E-state index in [4.69, 9.17) is 16.3 Å². The number of ether oxygens (including phenoxy) is 1. The molecule has 33 heavy (non-hydrogen) atoms. The van der Waals surface area contributed by atoms with Gasteiger partial charge in [0.1, 0.15) is 6.54 Å². The molecule has 0 heterocycles. The van der Waals surface area contributed by atoms with Crippen LogP contribution in [0.25, 0.3) is 0 Å². The first-order chi connectivity index (χ1) is 15.5. The molecular weight excluding hydrogens is 470 g/mol. The number of hydrogen-bond donors (Lipinski definition) is 2. The van der Waals surface area contributed by atoms with Gasteiger partial charge in [-0.15, -0.1) is 0 Å². The number of likely N-dealkylation sites (N-methyl/N-ethyl adjacent to an activating group) is 1. The molecule has 0 aliphatic rings. The second kappa shape index (κ2) is 11.8. The van der Waals surface area contributed by atoms with Crippen LogP contribution < -0.4 is 10.6 Å². The number of amides is 2. The summed E-state index contributed by atoms with van der Waals surface area (Å²) in [5.41, 5.74) is 0.536. The van der Waals surface area contributed by atoms with Gasteiger partial charge in [0.05, 0.1) is 16.1 Å². The number of benzene rings is 2. The molecule has 2 aromatic rings. The quantitative estimate of drug-likeness (QED) is 0.488. The normalized spacial score (nSPS) is 11.3. The van der Waals surface area contributed by atoms with Crippen molar-refractivity contribution in [2.45, 2.75) is 18.7 Å². The van der Waals surface area contributed by atoms with E-state index in [2.05, 4.69) is 10.6 Å². The topological polar surface area (TPSA) is 122 Å². The second-order valence-corrected chi connectivity index (χ2v) is 10.1. The molecule has 0 aliphatic heterocycles. The van der Waals surface area contributed by atoms with E-state index < -0.39 is 35.1 Å². The number of nitrogens with zero attached hydrogens (tertiary/aromatic N) is 1.